The first-order valence-electron chi connectivity index (χ1n) is 7.33. The Kier molecular flexibility index (Phi) is 10.4. The topological polar surface area (TPSA) is 219 Å². The summed E-state index contributed by atoms with van der Waals surface area (Å²) in [5, 5.41) is 22.1. The van der Waals surface area contributed by atoms with Crippen LogP contribution in [0.1, 0.15) is 38.5 Å². The van der Waals surface area contributed by atoms with E-state index in [1.165, 1.54) is 0 Å². The van der Waals surface area contributed by atoms with Gasteiger partial charge in [-0.25, -0.2) is 0 Å². The van der Waals surface area contributed by atoms with E-state index in [4.69, 9.17) is 30.0 Å². The number of hydrogen-bond donors (Lipinski definition) is 8. The van der Waals surface area contributed by atoms with Gasteiger partial charge in [-0.15, -0.1) is 0 Å². The van der Waals surface area contributed by atoms with Crippen LogP contribution in [0.4, 0.5) is 0 Å². The summed E-state index contributed by atoms with van der Waals surface area (Å²) in [6, 6.07) is 0. The van der Waals surface area contributed by atoms with Gasteiger partial charge in [0.1, 0.15) is 0 Å². The fourth-order valence-electron chi connectivity index (χ4n) is 1.96. The Bertz CT molecular complexity index is 464. The van der Waals surface area contributed by atoms with Gasteiger partial charge < -0.3 is 0 Å². The zero-order valence-electron chi connectivity index (χ0n) is 13.1. The molecule has 0 rings (SSSR count). The SMILES string of the molecule is [N-]=[N+]=NCCCCC[C@@H](O)NCCCC(O)(P(=O)(O)O)[PH](O)(O)O. The van der Waals surface area contributed by atoms with Gasteiger partial charge >= 0.3 is 128 Å². The molecule has 0 amide bonds. The Morgan fingerprint density at radius 1 is 1.21 bits per heavy atom. The summed E-state index contributed by atoms with van der Waals surface area (Å²) in [6.07, 6.45) is 0.766. The molecule has 0 aliphatic carbocycles. The molecule has 0 heterocycles. The van der Waals surface area contributed by atoms with Crippen molar-refractivity contribution in [1.29, 1.82) is 0 Å². The van der Waals surface area contributed by atoms with Gasteiger partial charge in [0.2, 0.25) is 0 Å². The quantitative estimate of drug-likeness (QED) is 0.0520. The van der Waals surface area contributed by atoms with E-state index >= 15 is 0 Å². The number of nitrogens with one attached hydrogen (secondary N) is 1. The third-order valence-corrected chi connectivity index (χ3v) is 7.69. The molecule has 0 saturated heterocycles. The summed E-state index contributed by atoms with van der Waals surface area (Å²) in [5.74, 6) is 0. The molecular weight excluding hydrogens is 366 g/mol. The Hall–Kier alpha value is -0.350. The molecule has 0 spiro atoms. The van der Waals surface area contributed by atoms with Gasteiger partial charge in [0.25, 0.3) is 0 Å². The Balaban J connectivity index is 4.10. The van der Waals surface area contributed by atoms with Crippen LogP contribution in [-0.2, 0) is 4.57 Å². The zero-order valence-corrected chi connectivity index (χ0v) is 15.0. The predicted octanol–water partition coefficient (Wildman–Crippen LogP) is -0.159. The van der Waals surface area contributed by atoms with Crippen molar-refractivity contribution in [1.82, 2.24) is 5.32 Å². The van der Waals surface area contributed by atoms with Crippen LogP contribution in [0.25, 0.3) is 10.4 Å². The van der Waals surface area contributed by atoms with E-state index in [9.17, 15) is 14.8 Å². The molecule has 144 valence electrons. The molecule has 14 heteroatoms. The van der Waals surface area contributed by atoms with Crippen LogP contribution < -0.4 is 5.32 Å². The predicted molar refractivity (Wildman–Crippen MR) is 87.7 cm³/mol. The first-order chi connectivity index (χ1) is 11.0. The summed E-state index contributed by atoms with van der Waals surface area (Å²) in [6.45, 7) is 0.419. The molecule has 12 nitrogen and oxygen atoms in total. The van der Waals surface area contributed by atoms with Crippen molar-refractivity contribution in [3.05, 3.63) is 10.4 Å². The summed E-state index contributed by atoms with van der Waals surface area (Å²) in [5.41, 5.74) is 8.09. The second kappa shape index (κ2) is 10.6. The van der Waals surface area contributed by atoms with Gasteiger partial charge in [-0.05, 0) is 5.53 Å². The van der Waals surface area contributed by atoms with Gasteiger partial charge in [-0.2, -0.15) is 0 Å². The molecule has 24 heavy (non-hydrogen) atoms. The second-order valence-corrected chi connectivity index (χ2v) is 9.72. The van der Waals surface area contributed by atoms with Crippen LogP contribution in [0.15, 0.2) is 5.11 Å². The standard InChI is InChI=1S/C10H26N4O8P2/c11-14-13-8-3-1-2-5-9(15)12-7-4-6-10(16,23(17,18)19)24(20,21)22/h9,12,15-19,23H,1-8H2,(H2,20,21,22)/t9-,10?/m1/s1. The van der Waals surface area contributed by atoms with E-state index in [0.717, 1.165) is 6.42 Å². The van der Waals surface area contributed by atoms with Crippen LogP contribution in [0.2, 0.25) is 0 Å². The Morgan fingerprint density at radius 3 is 2.33 bits per heavy atom. The van der Waals surface area contributed by atoms with Crippen LogP contribution >= 0.6 is 15.5 Å². The van der Waals surface area contributed by atoms with Crippen LogP contribution in [-0.4, -0.2) is 59.1 Å². The second-order valence-electron chi connectivity index (χ2n) is 5.37. The first-order valence-corrected chi connectivity index (χ1v) is 10.8. The molecule has 0 aromatic carbocycles. The first kappa shape index (κ1) is 23.6. The third-order valence-electron chi connectivity index (χ3n) is 3.40. The molecule has 8 N–H and O–H groups in total. The minimum absolute atomic E-state index is 0.0344. The van der Waals surface area contributed by atoms with Crippen molar-refractivity contribution >= 4 is 15.5 Å². The average molecular weight is 392 g/mol. The monoisotopic (exact) mass is 392 g/mol. The molecule has 0 aliphatic heterocycles. The van der Waals surface area contributed by atoms with E-state index in [1.54, 1.807) is 0 Å². The van der Waals surface area contributed by atoms with E-state index in [1.807, 2.05) is 0 Å². The van der Waals surface area contributed by atoms with Crippen molar-refractivity contribution in [3.8, 4) is 0 Å². The normalized spacial score (nSPS) is 17.0. The average Bonchev–Trinajstić information content (AvgIpc) is 2.44. The van der Waals surface area contributed by atoms with E-state index in [-0.39, 0.29) is 13.0 Å². The minimum atomic E-state index is -5.49. The molecule has 0 aromatic heterocycles. The summed E-state index contributed by atoms with van der Waals surface area (Å²) in [7, 11) is -10.9. The van der Waals surface area contributed by atoms with E-state index < -0.39 is 33.3 Å². The maximum atomic E-state index is 11.2. The molecule has 1 unspecified atom stereocenters. The molecule has 0 aromatic rings. The number of hydrogen-bond acceptors (Lipinski definition) is 8. The van der Waals surface area contributed by atoms with Crippen LogP contribution in [0.3, 0.4) is 0 Å². The van der Waals surface area contributed by atoms with Crippen LogP contribution in [0, 0.1) is 0 Å². The van der Waals surface area contributed by atoms with Gasteiger partial charge in [-0.1, -0.05) is 0 Å². The summed E-state index contributed by atoms with van der Waals surface area (Å²) >= 11 is 0. The zero-order chi connectivity index (χ0) is 18.9. The number of unbranched alkanes of at least 4 members (excludes halogenated alkanes) is 2. The molecule has 0 aliphatic rings. The van der Waals surface area contributed by atoms with E-state index in [0.29, 0.717) is 25.8 Å². The number of aliphatic hydroxyl groups excluding tert-OH is 1. The van der Waals surface area contributed by atoms with Gasteiger partial charge in [-0.3, -0.25) is 0 Å². The third kappa shape index (κ3) is 8.15. The summed E-state index contributed by atoms with van der Waals surface area (Å²) < 4.78 is 11.2. The molecule has 0 fully saturated rings. The Labute approximate surface area is 139 Å². The van der Waals surface area contributed by atoms with Gasteiger partial charge in [0, 0.05) is 4.91 Å². The fourth-order valence-corrected chi connectivity index (χ4v) is 4.48. The number of nitrogens with zero attached hydrogens (tertiary/aromatic N) is 3. The van der Waals surface area contributed by atoms with Crippen molar-refractivity contribution in [2.45, 2.75) is 49.8 Å². The summed E-state index contributed by atoms with van der Waals surface area (Å²) in [4.78, 5) is 47.9. The van der Waals surface area contributed by atoms with Crippen molar-refractivity contribution in [2.24, 2.45) is 5.11 Å². The van der Waals surface area contributed by atoms with Gasteiger partial charge in [0.15, 0.2) is 0 Å². The molecule has 0 saturated carbocycles. The maximum absolute atomic E-state index is 11.2. The number of aliphatic hydroxyl groups is 2. The van der Waals surface area contributed by atoms with E-state index in [2.05, 4.69) is 15.3 Å². The molecule has 2 atom stereocenters. The molecule has 0 radical (unpaired) electrons. The van der Waals surface area contributed by atoms with Crippen molar-refractivity contribution < 1.29 is 39.2 Å². The van der Waals surface area contributed by atoms with Crippen LogP contribution in [0.5, 0.6) is 0 Å². The molecule has 0 bridgehead atoms. The van der Waals surface area contributed by atoms with Crippen molar-refractivity contribution in [2.75, 3.05) is 13.1 Å². The Morgan fingerprint density at radius 2 is 1.83 bits per heavy atom. The number of rotatable bonds is 13. The molecular formula is C10H26N4O8P2. The fraction of sp³-hybridized carbons (Fsp3) is 1.00. The number of azide groups is 1. The van der Waals surface area contributed by atoms with Crippen molar-refractivity contribution in [3.63, 3.8) is 0 Å². The van der Waals surface area contributed by atoms with Gasteiger partial charge in [0.05, 0.1) is 0 Å².